The molecule has 134 valence electrons. The quantitative estimate of drug-likeness (QED) is 0.407. The summed E-state index contributed by atoms with van der Waals surface area (Å²) in [5, 5.41) is 3.17. The number of aliphatic imine (C=N–C) groups is 1. The van der Waals surface area contributed by atoms with Crippen molar-refractivity contribution in [2.75, 3.05) is 0 Å². The molecule has 1 aliphatic carbocycles. The maximum atomic E-state index is 12.1. The van der Waals surface area contributed by atoms with E-state index in [4.69, 9.17) is 0 Å². The number of fused-ring (bicyclic) bond motifs is 1. The Balaban J connectivity index is 1.83. The molecule has 3 atom stereocenters. The third kappa shape index (κ3) is 3.99. The van der Waals surface area contributed by atoms with Gasteiger partial charge in [0.25, 0.3) is 0 Å². The monoisotopic (exact) mass is 450 g/mol. The number of carbonyl (C=O) groups excluding carboxylic acids is 1. The van der Waals surface area contributed by atoms with Crippen LogP contribution in [0, 0.1) is 9.49 Å². The molecule has 1 amide bonds. The van der Waals surface area contributed by atoms with Crippen LogP contribution >= 0.6 is 22.6 Å². The molecule has 4 heteroatoms. The molecule has 3 nitrogen and oxygen atoms in total. The van der Waals surface area contributed by atoms with Gasteiger partial charge in [-0.05, 0) is 96.5 Å². The van der Waals surface area contributed by atoms with Crippen LogP contribution in [0.1, 0.15) is 49.3 Å². The molecule has 25 heavy (non-hydrogen) atoms. The lowest BCUT2D eigenvalue weighted by Crippen LogP contribution is -2.54. The lowest BCUT2D eigenvalue weighted by molar-refractivity contribution is -0.124. The summed E-state index contributed by atoms with van der Waals surface area (Å²) in [6.45, 7) is 10.0. The van der Waals surface area contributed by atoms with Gasteiger partial charge in [-0.1, -0.05) is 19.1 Å². The van der Waals surface area contributed by atoms with E-state index in [-0.39, 0.29) is 17.5 Å². The molecule has 1 heterocycles. The zero-order valence-corrected chi connectivity index (χ0v) is 17.1. The first-order valence-corrected chi connectivity index (χ1v) is 10.2. The fourth-order valence-electron chi connectivity index (χ4n) is 4.32. The lowest BCUT2D eigenvalue weighted by Gasteiger charge is -2.38. The fourth-order valence-corrected chi connectivity index (χ4v) is 5.09. The number of hydrogen-bond donors (Lipinski definition) is 1. The van der Waals surface area contributed by atoms with E-state index in [1.54, 1.807) is 5.56 Å². The first-order valence-electron chi connectivity index (χ1n) is 9.16. The number of nitrogens with zero attached hydrogens (tertiary/aromatic N) is 1. The highest BCUT2D eigenvalue weighted by atomic mass is 127. The van der Waals surface area contributed by atoms with Crippen molar-refractivity contribution < 1.29 is 4.79 Å². The molecule has 1 aromatic carbocycles. The van der Waals surface area contributed by atoms with Crippen LogP contribution in [0.4, 0.5) is 0 Å². The maximum Gasteiger partial charge on any atom is 0.222 e. The van der Waals surface area contributed by atoms with Crippen LogP contribution in [0.15, 0.2) is 29.8 Å². The van der Waals surface area contributed by atoms with Gasteiger partial charge in [0.2, 0.25) is 5.91 Å². The number of amides is 1. The van der Waals surface area contributed by atoms with E-state index >= 15 is 0 Å². The molecule has 3 rings (SSSR count). The topological polar surface area (TPSA) is 41.5 Å². The zero-order valence-electron chi connectivity index (χ0n) is 15.0. The van der Waals surface area contributed by atoms with Crippen LogP contribution in [-0.4, -0.2) is 24.2 Å². The number of benzene rings is 1. The Morgan fingerprint density at radius 2 is 2.24 bits per heavy atom. The maximum absolute atomic E-state index is 12.1. The van der Waals surface area contributed by atoms with Crippen molar-refractivity contribution in [1.29, 1.82) is 0 Å². The smallest absolute Gasteiger partial charge is 0.222 e. The summed E-state index contributed by atoms with van der Waals surface area (Å²) in [7, 11) is 0. The standard InChI is InChI=1S/C21H27IN2O/c1-4-21(13-16(23-3)12-20(25)24-21)10-9-18-17-7-5-14(2)11-15(17)6-8-19(18)22/h4,6,8,14,16H,1,3,5,7,9-13H2,2H3,(H,24,25)/t14-,16+,21-/m1/s1. The Morgan fingerprint density at radius 3 is 2.96 bits per heavy atom. The van der Waals surface area contributed by atoms with Crippen molar-refractivity contribution in [1.82, 2.24) is 5.32 Å². The van der Waals surface area contributed by atoms with Gasteiger partial charge in [0.1, 0.15) is 0 Å². The third-order valence-corrected chi connectivity index (χ3v) is 6.82. The Kier molecular flexibility index (Phi) is 5.66. The summed E-state index contributed by atoms with van der Waals surface area (Å²) >= 11 is 2.46. The van der Waals surface area contributed by atoms with Crippen molar-refractivity contribution >= 4 is 35.2 Å². The number of rotatable bonds is 5. The second kappa shape index (κ2) is 7.60. The predicted molar refractivity (Wildman–Crippen MR) is 112 cm³/mol. The van der Waals surface area contributed by atoms with Gasteiger partial charge in [0.15, 0.2) is 0 Å². The number of halogens is 1. The minimum atomic E-state index is -0.366. The van der Waals surface area contributed by atoms with Crippen molar-refractivity contribution in [3.8, 4) is 0 Å². The average Bonchev–Trinajstić information content (AvgIpc) is 2.60. The highest BCUT2D eigenvalue weighted by molar-refractivity contribution is 14.1. The third-order valence-electron chi connectivity index (χ3n) is 5.81. The van der Waals surface area contributed by atoms with Crippen molar-refractivity contribution in [2.45, 2.75) is 63.5 Å². The summed E-state index contributed by atoms with van der Waals surface area (Å²) in [5.74, 6) is 0.833. The molecule has 0 spiro atoms. The molecule has 1 aliphatic heterocycles. The van der Waals surface area contributed by atoms with E-state index in [9.17, 15) is 4.79 Å². The lowest BCUT2D eigenvalue weighted by atomic mass is 9.78. The predicted octanol–water partition coefficient (Wildman–Crippen LogP) is 4.25. The molecular weight excluding hydrogens is 423 g/mol. The molecule has 1 N–H and O–H groups in total. The number of carbonyl (C=O) groups is 1. The SMILES string of the molecule is C=C[C@@]1(CCc2c(I)ccc3c2CC[C@@H](C)C3)C[C@@H](N=C)CC(=O)N1. The minimum absolute atomic E-state index is 0.00337. The number of piperidine rings is 1. The second-order valence-corrected chi connectivity index (χ2v) is 8.83. The van der Waals surface area contributed by atoms with Crippen LogP contribution < -0.4 is 5.32 Å². The van der Waals surface area contributed by atoms with E-state index in [0.717, 1.165) is 25.2 Å². The van der Waals surface area contributed by atoms with Gasteiger partial charge in [-0.25, -0.2) is 0 Å². The Bertz CT molecular complexity index is 699. The van der Waals surface area contributed by atoms with E-state index in [2.05, 4.69) is 65.3 Å². The molecule has 0 unspecified atom stereocenters. The zero-order chi connectivity index (χ0) is 18.0. The largest absolute Gasteiger partial charge is 0.347 e. The van der Waals surface area contributed by atoms with Gasteiger partial charge in [-0.2, -0.15) is 0 Å². The molecule has 1 aromatic rings. The Hall–Kier alpha value is -1.17. The van der Waals surface area contributed by atoms with Crippen molar-refractivity contribution in [3.05, 3.63) is 45.0 Å². The summed E-state index contributed by atoms with van der Waals surface area (Å²) in [6, 6.07) is 4.55. The highest BCUT2D eigenvalue weighted by Crippen LogP contribution is 2.34. The molecule has 1 fully saturated rings. The Labute approximate surface area is 164 Å². The molecule has 0 bridgehead atoms. The minimum Gasteiger partial charge on any atom is -0.347 e. The molecule has 1 saturated heterocycles. The van der Waals surface area contributed by atoms with E-state index in [0.29, 0.717) is 6.42 Å². The van der Waals surface area contributed by atoms with Gasteiger partial charge in [0.05, 0.1) is 11.6 Å². The van der Waals surface area contributed by atoms with Crippen molar-refractivity contribution in [2.24, 2.45) is 10.9 Å². The van der Waals surface area contributed by atoms with Crippen LogP contribution in [0.2, 0.25) is 0 Å². The summed E-state index contributed by atoms with van der Waals surface area (Å²) in [5.41, 5.74) is 4.16. The van der Waals surface area contributed by atoms with E-state index < -0.39 is 0 Å². The van der Waals surface area contributed by atoms with Gasteiger partial charge in [-0.15, -0.1) is 6.58 Å². The normalized spacial score (nSPS) is 28.8. The average molecular weight is 450 g/mol. The summed E-state index contributed by atoms with van der Waals surface area (Å²) in [4.78, 5) is 16.2. The van der Waals surface area contributed by atoms with Crippen LogP contribution in [0.25, 0.3) is 0 Å². The van der Waals surface area contributed by atoms with Gasteiger partial charge < -0.3 is 5.32 Å². The van der Waals surface area contributed by atoms with Crippen molar-refractivity contribution in [3.63, 3.8) is 0 Å². The number of nitrogens with one attached hydrogen (secondary N) is 1. The summed E-state index contributed by atoms with van der Waals surface area (Å²) in [6.07, 6.45) is 8.61. The van der Waals surface area contributed by atoms with E-state index in [1.165, 1.54) is 34.0 Å². The summed E-state index contributed by atoms with van der Waals surface area (Å²) < 4.78 is 1.34. The fraction of sp³-hybridized carbons (Fsp3) is 0.524. The highest BCUT2D eigenvalue weighted by Gasteiger charge is 2.37. The van der Waals surface area contributed by atoms with Gasteiger partial charge in [-0.3, -0.25) is 9.79 Å². The first kappa shape index (κ1) is 18.6. The molecular formula is C21H27IN2O. The molecule has 0 aromatic heterocycles. The second-order valence-electron chi connectivity index (χ2n) is 7.66. The van der Waals surface area contributed by atoms with E-state index in [1.807, 2.05) is 6.08 Å². The molecule has 2 aliphatic rings. The Morgan fingerprint density at radius 1 is 1.44 bits per heavy atom. The van der Waals surface area contributed by atoms with Crippen LogP contribution in [-0.2, 0) is 24.1 Å². The number of hydrogen-bond acceptors (Lipinski definition) is 2. The van der Waals surface area contributed by atoms with Gasteiger partial charge >= 0.3 is 0 Å². The van der Waals surface area contributed by atoms with Crippen LogP contribution in [0.3, 0.4) is 0 Å². The van der Waals surface area contributed by atoms with Gasteiger partial charge in [0, 0.05) is 9.99 Å². The molecule has 0 radical (unpaired) electrons. The molecule has 0 saturated carbocycles. The first-order chi connectivity index (χ1) is 12.0. The van der Waals surface area contributed by atoms with Crippen LogP contribution in [0.5, 0.6) is 0 Å².